The number of rotatable bonds is 7. The minimum atomic E-state index is -0.0368. The summed E-state index contributed by atoms with van der Waals surface area (Å²) in [6.07, 6.45) is 1.15. The van der Waals surface area contributed by atoms with Crippen LogP contribution in [0.2, 0.25) is 0 Å². The molecule has 114 valence electrons. The first kappa shape index (κ1) is 16.9. The SMILES string of the molecule is CCC(C)N(C)CCNC(C)c1c(C)nc(C)[nH]c1=O. The number of hydrogen-bond donors (Lipinski definition) is 2. The van der Waals surface area contributed by atoms with Gasteiger partial charge in [-0.15, -0.1) is 0 Å². The second-order valence-corrected chi connectivity index (χ2v) is 5.56. The van der Waals surface area contributed by atoms with Crippen LogP contribution in [0, 0.1) is 13.8 Å². The Balaban J connectivity index is 2.60. The monoisotopic (exact) mass is 280 g/mol. The van der Waals surface area contributed by atoms with Gasteiger partial charge in [-0.05, 0) is 41.2 Å². The normalized spacial score (nSPS) is 14.6. The predicted octanol–water partition coefficient (Wildman–Crippen LogP) is 1.77. The Morgan fingerprint density at radius 2 is 2.00 bits per heavy atom. The lowest BCUT2D eigenvalue weighted by Crippen LogP contribution is -2.37. The van der Waals surface area contributed by atoms with Crippen molar-refractivity contribution in [2.75, 3.05) is 20.1 Å². The third kappa shape index (κ3) is 4.42. The molecule has 5 heteroatoms. The van der Waals surface area contributed by atoms with Crippen molar-refractivity contribution < 1.29 is 0 Å². The first-order valence-corrected chi connectivity index (χ1v) is 7.37. The van der Waals surface area contributed by atoms with E-state index in [0.717, 1.165) is 30.8 Å². The number of H-pyrrole nitrogens is 1. The molecule has 0 aliphatic rings. The van der Waals surface area contributed by atoms with Gasteiger partial charge in [0.05, 0.1) is 5.56 Å². The minimum absolute atomic E-state index is 0.0113. The topological polar surface area (TPSA) is 61.0 Å². The van der Waals surface area contributed by atoms with E-state index in [1.807, 2.05) is 13.8 Å². The van der Waals surface area contributed by atoms with E-state index < -0.39 is 0 Å². The number of nitrogens with one attached hydrogen (secondary N) is 2. The molecule has 5 nitrogen and oxygen atoms in total. The second-order valence-electron chi connectivity index (χ2n) is 5.56. The van der Waals surface area contributed by atoms with Gasteiger partial charge in [-0.1, -0.05) is 6.92 Å². The van der Waals surface area contributed by atoms with Crippen molar-refractivity contribution in [1.82, 2.24) is 20.2 Å². The van der Waals surface area contributed by atoms with Crippen LogP contribution in [0.25, 0.3) is 0 Å². The first-order chi connectivity index (χ1) is 9.36. The fourth-order valence-electron chi connectivity index (χ4n) is 2.34. The Kier molecular flexibility index (Phi) is 6.36. The second kappa shape index (κ2) is 7.55. The molecule has 2 N–H and O–H groups in total. The zero-order valence-electron chi connectivity index (χ0n) is 13.6. The van der Waals surface area contributed by atoms with Crippen LogP contribution in [0.4, 0.5) is 0 Å². The molecule has 0 saturated heterocycles. The molecule has 2 atom stereocenters. The molecule has 0 bridgehead atoms. The summed E-state index contributed by atoms with van der Waals surface area (Å²) >= 11 is 0. The lowest BCUT2D eigenvalue weighted by atomic mass is 10.1. The molecule has 1 aromatic heterocycles. The van der Waals surface area contributed by atoms with Crippen LogP contribution < -0.4 is 10.9 Å². The molecular weight excluding hydrogens is 252 g/mol. The smallest absolute Gasteiger partial charge is 0.255 e. The molecular formula is C15H28N4O. The number of nitrogens with zero attached hydrogens (tertiary/aromatic N) is 2. The van der Waals surface area contributed by atoms with Gasteiger partial charge in [0, 0.05) is 30.9 Å². The van der Waals surface area contributed by atoms with Crippen molar-refractivity contribution in [3.05, 3.63) is 27.4 Å². The summed E-state index contributed by atoms with van der Waals surface area (Å²) in [5.74, 6) is 0.667. The molecule has 1 aromatic rings. The Morgan fingerprint density at radius 1 is 1.35 bits per heavy atom. The number of likely N-dealkylation sites (N-methyl/N-ethyl adjacent to an activating group) is 1. The Morgan fingerprint density at radius 3 is 2.55 bits per heavy atom. The van der Waals surface area contributed by atoms with Gasteiger partial charge in [0.2, 0.25) is 0 Å². The highest BCUT2D eigenvalue weighted by Gasteiger charge is 2.14. The lowest BCUT2D eigenvalue weighted by molar-refractivity contribution is 0.249. The molecule has 0 saturated carbocycles. The molecule has 0 radical (unpaired) electrons. The Hall–Kier alpha value is -1.20. The van der Waals surface area contributed by atoms with Gasteiger partial charge in [0.25, 0.3) is 5.56 Å². The summed E-state index contributed by atoms with van der Waals surface area (Å²) in [6.45, 7) is 11.9. The molecule has 0 aliphatic heterocycles. The summed E-state index contributed by atoms with van der Waals surface area (Å²) in [5, 5.41) is 3.41. The van der Waals surface area contributed by atoms with Gasteiger partial charge in [0.1, 0.15) is 5.82 Å². The van der Waals surface area contributed by atoms with Crippen molar-refractivity contribution in [3.8, 4) is 0 Å². The van der Waals surface area contributed by atoms with Crippen LogP contribution in [0.15, 0.2) is 4.79 Å². The molecule has 0 aliphatic carbocycles. The number of aromatic nitrogens is 2. The third-order valence-electron chi connectivity index (χ3n) is 3.96. The van der Waals surface area contributed by atoms with Crippen molar-refractivity contribution in [3.63, 3.8) is 0 Å². The summed E-state index contributed by atoms with van der Waals surface area (Å²) in [4.78, 5) is 21.4. The van der Waals surface area contributed by atoms with Crippen LogP contribution in [0.1, 0.15) is 50.3 Å². The van der Waals surface area contributed by atoms with E-state index in [4.69, 9.17) is 0 Å². The molecule has 0 amide bonds. The van der Waals surface area contributed by atoms with Gasteiger partial charge in [-0.2, -0.15) is 0 Å². The van der Waals surface area contributed by atoms with E-state index in [-0.39, 0.29) is 11.6 Å². The highest BCUT2D eigenvalue weighted by molar-refractivity contribution is 5.19. The van der Waals surface area contributed by atoms with Gasteiger partial charge < -0.3 is 15.2 Å². The largest absolute Gasteiger partial charge is 0.310 e. The van der Waals surface area contributed by atoms with Gasteiger partial charge in [-0.25, -0.2) is 4.98 Å². The Labute approximate surface area is 121 Å². The van der Waals surface area contributed by atoms with E-state index in [1.165, 1.54) is 0 Å². The van der Waals surface area contributed by atoms with Crippen molar-refractivity contribution in [2.45, 2.75) is 53.1 Å². The fraction of sp³-hybridized carbons (Fsp3) is 0.733. The fourth-order valence-corrected chi connectivity index (χ4v) is 2.34. The molecule has 20 heavy (non-hydrogen) atoms. The van der Waals surface area contributed by atoms with E-state index >= 15 is 0 Å². The predicted molar refractivity (Wildman–Crippen MR) is 83.1 cm³/mol. The maximum absolute atomic E-state index is 12.0. The summed E-state index contributed by atoms with van der Waals surface area (Å²) in [6, 6.07) is 0.593. The van der Waals surface area contributed by atoms with Crippen LogP contribution in [0.5, 0.6) is 0 Å². The van der Waals surface area contributed by atoms with Crippen LogP contribution in [-0.4, -0.2) is 41.0 Å². The average Bonchev–Trinajstić information content (AvgIpc) is 2.36. The quantitative estimate of drug-likeness (QED) is 0.799. The van der Waals surface area contributed by atoms with Crippen molar-refractivity contribution in [2.24, 2.45) is 0 Å². The Bertz CT molecular complexity index is 483. The van der Waals surface area contributed by atoms with E-state index in [9.17, 15) is 4.79 Å². The van der Waals surface area contributed by atoms with Crippen LogP contribution in [-0.2, 0) is 0 Å². The third-order valence-corrected chi connectivity index (χ3v) is 3.96. The zero-order valence-corrected chi connectivity index (χ0v) is 13.6. The van der Waals surface area contributed by atoms with Gasteiger partial charge >= 0.3 is 0 Å². The number of hydrogen-bond acceptors (Lipinski definition) is 4. The van der Waals surface area contributed by atoms with Crippen molar-refractivity contribution in [1.29, 1.82) is 0 Å². The first-order valence-electron chi connectivity index (χ1n) is 7.37. The summed E-state index contributed by atoms with van der Waals surface area (Å²) in [7, 11) is 2.13. The lowest BCUT2D eigenvalue weighted by Gasteiger charge is -2.24. The molecule has 0 fully saturated rings. The highest BCUT2D eigenvalue weighted by atomic mass is 16.1. The van der Waals surface area contributed by atoms with E-state index in [0.29, 0.717) is 11.9 Å². The molecule has 1 rings (SSSR count). The van der Waals surface area contributed by atoms with E-state index in [1.54, 1.807) is 6.92 Å². The average molecular weight is 280 g/mol. The van der Waals surface area contributed by atoms with Crippen LogP contribution >= 0.6 is 0 Å². The maximum Gasteiger partial charge on any atom is 0.255 e. The molecule has 2 unspecified atom stereocenters. The molecule has 1 heterocycles. The van der Waals surface area contributed by atoms with E-state index in [2.05, 4.69) is 41.1 Å². The zero-order chi connectivity index (χ0) is 15.3. The minimum Gasteiger partial charge on any atom is -0.310 e. The number of aromatic amines is 1. The van der Waals surface area contributed by atoms with Gasteiger partial charge in [0.15, 0.2) is 0 Å². The van der Waals surface area contributed by atoms with Crippen LogP contribution in [0.3, 0.4) is 0 Å². The summed E-state index contributed by atoms with van der Waals surface area (Å²) in [5.41, 5.74) is 1.51. The summed E-state index contributed by atoms with van der Waals surface area (Å²) < 4.78 is 0. The molecule has 0 spiro atoms. The van der Waals surface area contributed by atoms with Gasteiger partial charge in [-0.3, -0.25) is 4.79 Å². The maximum atomic E-state index is 12.0. The standard InChI is InChI=1S/C15H28N4O/c1-7-10(2)19(6)9-8-16-11(3)14-12(4)17-13(5)18-15(14)20/h10-11,16H,7-9H2,1-6H3,(H,17,18,20). The molecule has 0 aromatic carbocycles. The highest BCUT2D eigenvalue weighted by Crippen LogP contribution is 2.10. The number of aryl methyl sites for hydroxylation is 2. The van der Waals surface area contributed by atoms with Crippen molar-refractivity contribution >= 4 is 0 Å².